The van der Waals surface area contributed by atoms with Crippen molar-refractivity contribution < 1.29 is 19.3 Å². The highest BCUT2D eigenvalue weighted by atomic mass is 16.5. The van der Waals surface area contributed by atoms with Gasteiger partial charge >= 0.3 is 0 Å². The number of nitrogens with zero attached hydrogens (tertiary/aromatic N) is 2. The van der Waals surface area contributed by atoms with E-state index in [-0.39, 0.29) is 0 Å². The number of aliphatic hydroxyl groups is 1. The van der Waals surface area contributed by atoms with Crippen LogP contribution in [0, 0.1) is 6.92 Å². The lowest BCUT2D eigenvalue weighted by Crippen LogP contribution is -2.42. The summed E-state index contributed by atoms with van der Waals surface area (Å²) in [4.78, 5) is 4.76. The van der Waals surface area contributed by atoms with Gasteiger partial charge in [0.05, 0.1) is 25.9 Å². The van der Waals surface area contributed by atoms with Crippen LogP contribution in [-0.4, -0.2) is 74.6 Å². The van der Waals surface area contributed by atoms with Crippen LogP contribution in [0.3, 0.4) is 0 Å². The largest absolute Gasteiger partial charge is 0.493 e. The summed E-state index contributed by atoms with van der Waals surface area (Å²) in [7, 11) is 1.69. The first kappa shape index (κ1) is 23.1. The topological polar surface area (TPSA) is 54.4 Å². The molecule has 0 amide bonds. The third-order valence-electron chi connectivity index (χ3n) is 6.68. The van der Waals surface area contributed by atoms with Crippen molar-refractivity contribution in [3.63, 3.8) is 0 Å². The fourth-order valence-electron chi connectivity index (χ4n) is 4.53. The lowest BCUT2D eigenvalue weighted by atomic mass is 9.84. The van der Waals surface area contributed by atoms with Crippen LogP contribution in [-0.2, 0) is 16.9 Å². The molecule has 0 aliphatic carbocycles. The molecule has 32 heavy (non-hydrogen) atoms. The number of morpholine rings is 1. The first-order valence-electron chi connectivity index (χ1n) is 11.7. The van der Waals surface area contributed by atoms with E-state index in [0.29, 0.717) is 6.61 Å². The Morgan fingerprint density at radius 3 is 2.34 bits per heavy atom. The molecule has 2 saturated heterocycles. The minimum Gasteiger partial charge on any atom is -0.493 e. The van der Waals surface area contributed by atoms with E-state index in [1.807, 2.05) is 6.07 Å². The molecule has 2 aromatic rings. The van der Waals surface area contributed by atoms with E-state index in [1.165, 1.54) is 11.1 Å². The molecule has 0 saturated carbocycles. The lowest BCUT2D eigenvalue weighted by molar-refractivity contribution is -0.0277. The Balaban J connectivity index is 1.29. The number of piperidine rings is 1. The predicted molar refractivity (Wildman–Crippen MR) is 125 cm³/mol. The van der Waals surface area contributed by atoms with Crippen molar-refractivity contribution in [3.8, 4) is 11.5 Å². The van der Waals surface area contributed by atoms with E-state index in [0.717, 1.165) is 82.4 Å². The van der Waals surface area contributed by atoms with Crippen molar-refractivity contribution in [2.24, 2.45) is 0 Å². The van der Waals surface area contributed by atoms with Gasteiger partial charge in [0.1, 0.15) is 6.61 Å². The average molecular weight is 441 g/mol. The number of methoxy groups -OCH3 is 1. The quantitative estimate of drug-likeness (QED) is 0.680. The molecule has 2 aliphatic rings. The second-order valence-electron chi connectivity index (χ2n) is 8.96. The fourth-order valence-corrected chi connectivity index (χ4v) is 4.53. The number of ether oxygens (including phenoxy) is 3. The minimum absolute atomic E-state index is 0.638. The highest BCUT2D eigenvalue weighted by molar-refractivity contribution is 5.43. The van der Waals surface area contributed by atoms with E-state index in [4.69, 9.17) is 14.2 Å². The van der Waals surface area contributed by atoms with E-state index >= 15 is 0 Å². The summed E-state index contributed by atoms with van der Waals surface area (Å²) in [6.07, 6.45) is 1.49. The number of hydrogen-bond donors (Lipinski definition) is 1. The minimum atomic E-state index is -0.722. The number of likely N-dealkylation sites (tertiary alicyclic amines) is 1. The zero-order valence-corrected chi connectivity index (χ0v) is 19.4. The maximum atomic E-state index is 11.1. The summed E-state index contributed by atoms with van der Waals surface area (Å²) in [6, 6.07) is 14.5. The molecule has 2 aromatic carbocycles. The van der Waals surface area contributed by atoms with Crippen molar-refractivity contribution in [2.45, 2.75) is 31.9 Å². The highest BCUT2D eigenvalue weighted by Gasteiger charge is 2.33. The van der Waals surface area contributed by atoms with E-state index < -0.39 is 5.60 Å². The van der Waals surface area contributed by atoms with Crippen LogP contribution in [0.15, 0.2) is 42.5 Å². The van der Waals surface area contributed by atoms with Gasteiger partial charge in [-0.05, 0) is 43.0 Å². The zero-order chi connectivity index (χ0) is 22.4. The maximum Gasteiger partial charge on any atom is 0.161 e. The summed E-state index contributed by atoms with van der Waals surface area (Å²) in [5.74, 6) is 1.56. The average Bonchev–Trinajstić information content (AvgIpc) is 2.82. The van der Waals surface area contributed by atoms with E-state index in [1.54, 1.807) is 7.11 Å². The molecule has 2 fully saturated rings. The molecule has 4 rings (SSSR count). The molecule has 174 valence electrons. The molecule has 6 heteroatoms. The highest BCUT2D eigenvalue weighted by Crippen LogP contribution is 2.34. The summed E-state index contributed by atoms with van der Waals surface area (Å²) in [6.45, 7) is 9.72. The van der Waals surface area contributed by atoms with Crippen LogP contribution in [0.2, 0.25) is 0 Å². The van der Waals surface area contributed by atoms with Crippen LogP contribution in [0.1, 0.15) is 29.5 Å². The molecule has 0 radical (unpaired) electrons. The summed E-state index contributed by atoms with van der Waals surface area (Å²) < 4.78 is 17.0. The first-order chi connectivity index (χ1) is 15.6. The van der Waals surface area contributed by atoms with Gasteiger partial charge in [0.25, 0.3) is 0 Å². The lowest BCUT2D eigenvalue weighted by Gasteiger charge is -2.38. The SMILES string of the molecule is COc1cc(CN2CCC(O)(c3ccc(C)cc3)CC2)ccc1OCCN1CCOCC1. The Labute approximate surface area is 191 Å². The molecule has 0 unspecified atom stereocenters. The van der Waals surface area contributed by atoms with Gasteiger partial charge in [0.15, 0.2) is 11.5 Å². The smallest absolute Gasteiger partial charge is 0.161 e. The van der Waals surface area contributed by atoms with Gasteiger partial charge in [-0.2, -0.15) is 0 Å². The van der Waals surface area contributed by atoms with Crippen molar-refractivity contribution in [1.29, 1.82) is 0 Å². The number of benzene rings is 2. The molecule has 0 atom stereocenters. The monoisotopic (exact) mass is 440 g/mol. The third-order valence-corrected chi connectivity index (χ3v) is 6.68. The summed E-state index contributed by atoms with van der Waals surface area (Å²) >= 11 is 0. The fraction of sp³-hybridized carbons (Fsp3) is 0.538. The van der Waals surface area contributed by atoms with Gasteiger partial charge in [-0.25, -0.2) is 0 Å². The molecule has 6 nitrogen and oxygen atoms in total. The maximum absolute atomic E-state index is 11.1. The van der Waals surface area contributed by atoms with Crippen LogP contribution in [0.25, 0.3) is 0 Å². The first-order valence-corrected chi connectivity index (χ1v) is 11.7. The van der Waals surface area contributed by atoms with Crippen LogP contribution in [0.5, 0.6) is 11.5 Å². The standard InChI is InChI=1S/C26H36N2O4/c1-21-3-6-23(7-4-21)26(29)9-11-28(12-10-26)20-22-5-8-24(25(19-22)30-2)32-18-15-27-13-16-31-17-14-27/h3-8,19,29H,9-18,20H2,1-2H3. The molecule has 0 aromatic heterocycles. The van der Waals surface area contributed by atoms with Gasteiger partial charge in [0.2, 0.25) is 0 Å². The summed E-state index contributed by atoms with van der Waals surface area (Å²) in [5.41, 5.74) is 2.73. The van der Waals surface area contributed by atoms with Crippen LogP contribution in [0.4, 0.5) is 0 Å². The molecule has 0 bridgehead atoms. The Morgan fingerprint density at radius 2 is 1.66 bits per heavy atom. The number of aryl methyl sites for hydroxylation is 1. The molecule has 0 spiro atoms. The molecule has 2 heterocycles. The predicted octanol–water partition coefficient (Wildman–Crippen LogP) is 3.20. The molecular formula is C26H36N2O4. The van der Waals surface area contributed by atoms with Gasteiger partial charge in [0, 0.05) is 39.3 Å². The van der Waals surface area contributed by atoms with E-state index in [2.05, 4.69) is 53.1 Å². The van der Waals surface area contributed by atoms with Crippen LogP contribution < -0.4 is 9.47 Å². The normalized spacial score (nSPS) is 19.6. The second kappa shape index (κ2) is 10.7. The van der Waals surface area contributed by atoms with Gasteiger partial charge in [-0.15, -0.1) is 0 Å². The third kappa shape index (κ3) is 5.81. The molecule has 2 aliphatic heterocycles. The Morgan fingerprint density at radius 1 is 0.938 bits per heavy atom. The number of hydrogen-bond acceptors (Lipinski definition) is 6. The zero-order valence-electron chi connectivity index (χ0n) is 19.4. The van der Waals surface area contributed by atoms with Crippen molar-refractivity contribution in [3.05, 3.63) is 59.2 Å². The second-order valence-corrected chi connectivity index (χ2v) is 8.96. The van der Waals surface area contributed by atoms with Crippen LogP contribution >= 0.6 is 0 Å². The van der Waals surface area contributed by atoms with E-state index in [9.17, 15) is 5.11 Å². The van der Waals surface area contributed by atoms with Gasteiger partial charge in [-0.3, -0.25) is 9.80 Å². The summed E-state index contributed by atoms with van der Waals surface area (Å²) in [5, 5.41) is 11.1. The molecule has 1 N–H and O–H groups in total. The number of rotatable bonds is 8. The van der Waals surface area contributed by atoms with Gasteiger partial charge in [-0.1, -0.05) is 35.9 Å². The van der Waals surface area contributed by atoms with Gasteiger partial charge < -0.3 is 19.3 Å². The Hall–Kier alpha value is -2.12. The van der Waals surface area contributed by atoms with Crippen molar-refractivity contribution in [2.75, 3.05) is 59.7 Å². The van der Waals surface area contributed by atoms with Crippen molar-refractivity contribution in [1.82, 2.24) is 9.80 Å². The van der Waals surface area contributed by atoms with Crippen molar-refractivity contribution >= 4 is 0 Å². The Kier molecular flexibility index (Phi) is 7.68. The Bertz CT molecular complexity index is 857. The molecular weight excluding hydrogens is 404 g/mol.